The van der Waals surface area contributed by atoms with Crippen LogP contribution in [0.15, 0.2) is 248 Å². The van der Waals surface area contributed by atoms with Gasteiger partial charge in [-0.25, -0.2) is 20.0 Å². The molecular formula is C62H54N6. The monoisotopic (exact) mass is 882 g/mol. The van der Waals surface area contributed by atoms with Crippen LogP contribution in [-0.4, -0.2) is 36.8 Å². The SMILES string of the molecule is C=NC(=NC(=NCc1cccc(-c2ccccc2)c1)c1ccc(C2(c3ccc(CN=C(N=C(N=C)c4cccc(-c5ccccc5)c4)c4ccccc4)cc3)CCCCC2)cc1)c1ccccc1. The maximum atomic E-state index is 5.15. The number of amidine groups is 4. The molecule has 0 aromatic heterocycles. The molecule has 6 heteroatoms. The fourth-order valence-corrected chi connectivity index (χ4v) is 9.19. The summed E-state index contributed by atoms with van der Waals surface area (Å²) in [5, 5.41) is 0. The van der Waals surface area contributed by atoms with Crippen LogP contribution in [0, 0.1) is 0 Å². The van der Waals surface area contributed by atoms with Crippen LogP contribution in [0.25, 0.3) is 22.3 Å². The first-order chi connectivity index (χ1) is 33.6. The van der Waals surface area contributed by atoms with E-state index in [9.17, 15) is 0 Å². The molecule has 8 aromatic rings. The van der Waals surface area contributed by atoms with Gasteiger partial charge in [-0.15, -0.1) is 0 Å². The van der Waals surface area contributed by atoms with E-state index >= 15 is 0 Å². The van der Waals surface area contributed by atoms with E-state index in [4.69, 9.17) is 20.0 Å². The van der Waals surface area contributed by atoms with E-state index in [2.05, 4.69) is 145 Å². The van der Waals surface area contributed by atoms with Crippen LogP contribution < -0.4 is 0 Å². The van der Waals surface area contributed by atoms with E-state index in [1.807, 2.05) is 97.1 Å². The summed E-state index contributed by atoms with van der Waals surface area (Å²) in [6.45, 7) is 8.73. The standard InChI is InChI=1S/C62H54N6/c1-63-58(50-25-12-5-13-26-50)67-61(66-45-47-20-18-29-53(42-47)48-21-8-3-9-22-48)52-34-38-57(39-35-52)62(40-16-7-17-41-62)56-36-32-46(33-37-56)44-65-60(51-27-14-6-15-28-51)68-59(64-2)55-31-19-30-54(43-55)49-23-10-4-11-24-49/h3-6,8-15,18-39,42-43H,1-2,7,16-17,40-41,44-45H2. The Hall–Kier alpha value is -8.22. The Labute approximate surface area is 400 Å². The highest BCUT2D eigenvalue weighted by molar-refractivity contribution is 6.13. The summed E-state index contributed by atoms with van der Waals surface area (Å²) in [5.41, 5.74) is 12.9. The molecule has 0 amide bonds. The molecule has 1 saturated carbocycles. The number of aliphatic imine (C=N–C) groups is 6. The maximum absolute atomic E-state index is 5.15. The summed E-state index contributed by atoms with van der Waals surface area (Å²) in [6, 6.07) is 75.7. The first-order valence-electron chi connectivity index (χ1n) is 23.4. The van der Waals surface area contributed by atoms with Crippen molar-refractivity contribution in [3.05, 3.63) is 263 Å². The van der Waals surface area contributed by atoms with Crippen molar-refractivity contribution < 1.29 is 0 Å². The van der Waals surface area contributed by atoms with E-state index in [1.165, 1.54) is 36.0 Å². The van der Waals surface area contributed by atoms with Crippen LogP contribution in [0.3, 0.4) is 0 Å². The molecule has 0 unspecified atom stereocenters. The van der Waals surface area contributed by atoms with Gasteiger partial charge in [-0.05, 0) is 82.9 Å². The minimum atomic E-state index is -0.118. The summed E-state index contributed by atoms with van der Waals surface area (Å²) in [6.07, 6.45) is 5.74. The second-order valence-electron chi connectivity index (χ2n) is 17.1. The van der Waals surface area contributed by atoms with Crippen LogP contribution in [-0.2, 0) is 18.5 Å². The number of hydrogen-bond donors (Lipinski definition) is 0. The minimum Gasteiger partial charge on any atom is -0.261 e. The van der Waals surface area contributed by atoms with Gasteiger partial charge in [0, 0.05) is 27.7 Å². The van der Waals surface area contributed by atoms with Crippen molar-refractivity contribution in [2.75, 3.05) is 0 Å². The van der Waals surface area contributed by atoms with Gasteiger partial charge in [0.05, 0.1) is 13.1 Å². The summed E-state index contributed by atoms with van der Waals surface area (Å²) < 4.78 is 0. The molecule has 0 saturated heterocycles. The summed E-state index contributed by atoms with van der Waals surface area (Å²) in [4.78, 5) is 29.1. The minimum absolute atomic E-state index is 0.118. The lowest BCUT2D eigenvalue weighted by atomic mass is 9.65. The molecule has 1 aliphatic rings. The fraction of sp³-hybridized carbons (Fsp3) is 0.129. The van der Waals surface area contributed by atoms with Crippen molar-refractivity contribution >= 4 is 36.8 Å². The molecule has 0 heterocycles. The average Bonchev–Trinajstić information content (AvgIpc) is 3.42. The van der Waals surface area contributed by atoms with Crippen molar-refractivity contribution in [3.63, 3.8) is 0 Å². The molecule has 332 valence electrons. The Kier molecular flexibility index (Phi) is 14.4. The molecule has 9 rings (SSSR count). The van der Waals surface area contributed by atoms with Gasteiger partial charge in [-0.2, -0.15) is 0 Å². The Morgan fingerprint density at radius 1 is 0.353 bits per heavy atom. The van der Waals surface area contributed by atoms with Crippen LogP contribution >= 0.6 is 0 Å². The van der Waals surface area contributed by atoms with E-state index in [1.54, 1.807) is 0 Å². The van der Waals surface area contributed by atoms with E-state index in [-0.39, 0.29) is 5.41 Å². The van der Waals surface area contributed by atoms with Crippen molar-refractivity contribution in [3.8, 4) is 22.3 Å². The third-order valence-electron chi connectivity index (χ3n) is 12.8. The van der Waals surface area contributed by atoms with Crippen molar-refractivity contribution in [1.29, 1.82) is 0 Å². The van der Waals surface area contributed by atoms with Gasteiger partial charge >= 0.3 is 0 Å². The molecule has 0 radical (unpaired) electrons. The molecule has 0 N–H and O–H groups in total. The lowest BCUT2D eigenvalue weighted by molar-refractivity contribution is 0.346. The van der Waals surface area contributed by atoms with Crippen molar-refractivity contribution in [2.45, 2.75) is 50.6 Å². The highest BCUT2D eigenvalue weighted by Crippen LogP contribution is 2.45. The predicted molar refractivity (Wildman–Crippen MR) is 286 cm³/mol. The quantitative estimate of drug-likeness (QED) is 0.0866. The van der Waals surface area contributed by atoms with Crippen LogP contribution in [0.2, 0.25) is 0 Å². The van der Waals surface area contributed by atoms with Crippen molar-refractivity contribution in [2.24, 2.45) is 30.0 Å². The van der Waals surface area contributed by atoms with Crippen LogP contribution in [0.4, 0.5) is 0 Å². The number of hydrogen-bond acceptors (Lipinski definition) is 2. The molecule has 0 atom stereocenters. The van der Waals surface area contributed by atoms with Crippen LogP contribution in [0.5, 0.6) is 0 Å². The molecule has 0 spiro atoms. The largest absolute Gasteiger partial charge is 0.261 e. The van der Waals surface area contributed by atoms with Gasteiger partial charge in [-0.1, -0.05) is 226 Å². The topological polar surface area (TPSA) is 74.2 Å². The van der Waals surface area contributed by atoms with Crippen LogP contribution in [0.1, 0.15) is 76.6 Å². The summed E-state index contributed by atoms with van der Waals surface area (Å²) in [7, 11) is 0. The Balaban J connectivity index is 1.000. The first-order valence-corrected chi connectivity index (χ1v) is 23.4. The Bertz CT molecular complexity index is 3070. The molecule has 6 nitrogen and oxygen atoms in total. The second-order valence-corrected chi connectivity index (χ2v) is 17.1. The Morgan fingerprint density at radius 3 is 1.31 bits per heavy atom. The van der Waals surface area contributed by atoms with Gasteiger partial charge in [-0.3, -0.25) is 9.98 Å². The zero-order chi connectivity index (χ0) is 46.4. The zero-order valence-corrected chi connectivity index (χ0v) is 38.3. The normalized spacial score (nSPS) is 14.3. The molecule has 0 aliphatic heterocycles. The third-order valence-corrected chi connectivity index (χ3v) is 12.8. The van der Waals surface area contributed by atoms with Gasteiger partial charge in [0.2, 0.25) is 0 Å². The van der Waals surface area contributed by atoms with E-state index in [0.29, 0.717) is 36.4 Å². The smallest absolute Gasteiger partial charge is 0.161 e. The Morgan fingerprint density at radius 2 is 0.765 bits per heavy atom. The van der Waals surface area contributed by atoms with E-state index < -0.39 is 0 Å². The molecule has 1 aliphatic carbocycles. The van der Waals surface area contributed by atoms with Gasteiger partial charge in [0.25, 0.3) is 0 Å². The van der Waals surface area contributed by atoms with Gasteiger partial charge in [0.1, 0.15) is 0 Å². The summed E-state index contributed by atoms with van der Waals surface area (Å²) >= 11 is 0. The average molecular weight is 883 g/mol. The lowest BCUT2D eigenvalue weighted by Crippen LogP contribution is -2.30. The summed E-state index contributed by atoms with van der Waals surface area (Å²) in [5.74, 6) is 2.29. The fourth-order valence-electron chi connectivity index (χ4n) is 9.19. The highest BCUT2D eigenvalue weighted by atomic mass is 15.0. The van der Waals surface area contributed by atoms with E-state index in [0.717, 1.165) is 62.9 Å². The molecule has 0 bridgehead atoms. The predicted octanol–water partition coefficient (Wildman–Crippen LogP) is 14.5. The first kappa shape index (κ1) is 45.0. The third kappa shape index (κ3) is 10.7. The highest BCUT2D eigenvalue weighted by Gasteiger charge is 2.35. The maximum Gasteiger partial charge on any atom is 0.161 e. The zero-order valence-electron chi connectivity index (χ0n) is 38.3. The molecule has 1 fully saturated rings. The number of nitrogens with zero attached hydrogens (tertiary/aromatic N) is 6. The molecular weight excluding hydrogens is 829 g/mol. The molecule has 8 aromatic carbocycles. The number of rotatable bonds is 12. The van der Waals surface area contributed by atoms with Gasteiger partial charge < -0.3 is 0 Å². The second kappa shape index (κ2) is 21.8. The van der Waals surface area contributed by atoms with Crippen molar-refractivity contribution in [1.82, 2.24) is 0 Å². The molecule has 68 heavy (non-hydrogen) atoms. The number of benzene rings is 8. The lowest BCUT2D eigenvalue weighted by Gasteiger charge is -2.39. The van der Waals surface area contributed by atoms with Gasteiger partial charge in [0.15, 0.2) is 23.3 Å².